The van der Waals surface area contributed by atoms with Gasteiger partial charge in [0.1, 0.15) is 11.5 Å². The monoisotopic (exact) mass is 416 g/mol. The number of benzene rings is 3. The fourth-order valence-electron chi connectivity index (χ4n) is 3.03. The lowest BCUT2D eigenvalue weighted by atomic mass is 9.85. The molecule has 0 aliphatic rings. The van der Waals surface area contributed by atoms with Gasteiger partial charge < -0.3 is 14.6 Å². The first kappa shape index (κ1) is 21.8. The number of amides is 1. The number of aliphatic hydroxyl groups is 1. The van der Waals surface area contributed by atoms with E-state index < -0.39 is 11.5 Å². The Hall–Kier alpha value is -3.90. The molecule has 0 aromatic heterocycles. The molecule has 3 aromatic rings. The second-order valence-corrected chi connectivity index (χ2v) is 6.66. The Morgan fingerprint density at radius 2 is 1.39 bits per heavy atom. The Bertz CT molecular complexity index is 996. The summed E-state index contributed by atoms with van der Waals surface area (Å²) in [7, 11) is 3.10. The van der Waals surface area contributed by atoms with E-state index >= 15 is 0 Å². The van der Waals surface area contributed by atoms with E-state index in [1.165, 1.54) is 6.21 Å². The van der Waals surface area contributed by atoms with Gasteiger partial charge in [-0.05, 0) is 47.0 Å². The maximum absolute atomic E-state index is 13.0. The van der Waals surface area contributed by atoms with Crippen molar-refractivity contribution in [3.63, 3.8) is 0 Å². The highest BCUT2D eigenvalue weighted by Crippen LogP contribution is 2.32. The molecular weight excluding hydrogens is 392 g/mol. The van der Waals surface area contributed by atoms with Crippen molar-refractivity contribution in [1.82, 2.24) is 5.43 Å². The Kier molecular flexibility index (Phi) is 7.19. The lowest BCUT2D eigenvalue weighted by Crippen LogP contribution is -2.43. The van der Waals surface area contributed by atoms with Crippen molar-refractivity contribution in [2.24, 2.45) is 5.10 Å². The number of hydrazone groups is 1. The Balaban J connectivity index is 1.84. The minimum absolute atomic E-state index is 0.381. The summed E-state index contributed by atoms with van der Waals surface area (Å²) in [5.41, 5.74) is 2.24. The smallest absolute Gasteiger partial charge is 0.281 e. The summed E-state index contributed by atoms with van der Waals surface area (Å²) in [5, 5.41) is 15.4. The minimum Gasteiger partial charge on any atom is -0.497 e. The van der Waals surface area contributed by atoms with E-state index in [1.807, 2.05) is 36.4 Å². The zero-order valence-electron chi connectivity index (χ0n) is 17.4. The van der Waals surface area contributed by atoms with Crippen molar-refractivity contribution in [1.29, 1.82) is 0 Å². The summed E-state index contributed by atoms with van der Waals surface area (Å²) in [6, 6.07) is 23.0. The van der Waals surface area contributed by atoms with E-state index in [9.17, 15) is 9.90 Å². The van der Waals surface area contributed by atoms with Gasteiger partial charge in [0, 0.05) is 6.21 Å². The molecule has 0 bridgehead atoms. The zero-order valence-corrected chi connectivity index (χ0v) is 17.4. The molecule has 0 fully saturated rings. The maximum atomic E-state index is 13.0. The van der Waals surface area contributed by atoms with Gasteiger partial charge in [-0.1, -0.05) is 60.7 Å². The second-order valence-electron chi connectivity index (χ2n) is 6.66. The lowest BCUT2D eigenvalue weighted by molar-refractivity contribution is -0.136. The predicted molar refractivity (Wildman–Crippen MR) is 121 cm³/mol. The molecule has 0 unspecified atom stereocenters. The third kappa shape index (κ3) is 5.18. The molecule has 0 heterocycles. The lowest BCUT2D eigenvalue weighted by Gasteiger charge is -2.27. The van der Waals surface area contributed by atoms with Crippen LogP contribution >= 0.6 is 0 Å². The first-order valence-electron chi connectivity index (χ1n) is 9.64. The minimum atomic E-state index is -1.96. The third-order valence-electron chi connectivity index (χ3n) is 4.76. The van der Waals surface area contributed by atoms with Crippen LogP contribution in [0.15, 0.2) is 90.0 Å². The van der Waals surface area contributed by atoms with Gasteiger partial charge in [-0.15, -0.1) is 0 Å². The first-order chi connectivity index (χ1) is 15.1. The van der Waals surface area contributed by atoms with Crippen LogP contribution in [0.25, 0.3) is 6.08 Å². The summed E-state index contributed by atoms with van der Waals surface area (Å²) < 4.78 is 10.4. The third-order valence-corrected chi connectivity index (χ3v) is 4.76. The quantitative estimate of drug-likeness (QED) is 0.433. The van der Waals surface area contributed by atoms with E-state index in [2.05, 4.69) is 10.5 Å². The normalized spacial score (nSPS) is 11.6. The molecule has 0 radical (unpaired) electrons. The predicted octanol–water partition coefficient (Wildman–Crippen LogP) is 3.76. The van der Waals surface area contributed by atoms with Crippen LogP contribution in [0.5, 0.6) is 11.5 Å². The van der Waals surface area contributed by atoms with Gasteiger partial charge >= 0.3 is 0 Å². The number of nitrogens with zero attached hydrogens (tertiary/aromatic N) is 1. The van der Waals surface area contributed by atoms with Crippen LogP contribution in [-0.2, 0) is 10.4 Å². The molecule has 31 heavy (non-hydrogen) atoms. The highest BCUT2D eigenvalue weighted by Gasteiger charge is 2.40. The van der Waals surface area contributed by atoms with Gasteiger partial charge in [-0.2, -0.15) is 5.10 Å². The molecule has 6 nitrogen and oxygen atoms in total. The maximum Gasteiger partial charge on any atom is 0.281 e. The summed E-state index contributed by atoms with van der Waals surface area (Å²) in [6.07, 6.45) is 5.01. The molecule has 0 aliphatic carbocycles. The van der Waals surface area contributed by atoms with Crippen LogP contribution in [0.1, 0.15) is 16.7 Å². The topological polar surface area (TPSA) is 80.2 Å². The number of hydrogen-bond acceptors (Lipinski definition) is 5. The van der Waals surface area contributed by atoms with Gasteiger partial charge in [-0.25, -0.2) is 5.43 Å². The molecule has 0 aliphatic heterocycles. The van der Waals surface area contributed by atoms with Gasteiger partial charge in [0.15, 0.2) is 5.60 Å². The SMILES string of the molecule is COc1ccc(C(O)(C(=O)N/N=C\C=C\c2ccccc2)c2ccc(OC)cc2)cc1. The van der Waals surface area contributed by atoms with E-state index in [4.69, 9.17) is 9.47 Å². The average molecular weight is 416 g/mol. The Morgan fingerprint density at radius 1 is 0.871 bits per heavy atom. The van der Waals surface area contributed by atoms with E-state index in [0.29, 0.717) is 22.6 Å². The number of ether oxygens (including phenoxy) is 2. The Labute approximate surface area is 181 Å². The molecule has 6 heteroatoms. The number of hydrogen-bond donors (Lipinski definition) is 2. The van der Waals surface area contributed by atoms with E-state index in [0.717, 1.165) is 5.56 Å². The van der Waals surface area contributed by atoms with Crippen LogP contribution in [0.4, 0.5) is 0 Å². The van der Waals surface area contributed by atoms with Gasteiger partial charge in [-0.3, -0.25) is 4.79 Å². The van der Waals surface area contributed by atoms with Crippen molar-refractivity contribution in [2.45, 2.75) is 5.60 Å². The molecular formula is C25H24N2O4. The number of methoxy groups -OCH3 is 2. The fourth-order valence-corrected chi connectivity index (χ4v) is 3.03. The van der Waals surface area contributed by atoms with Crippen LogP contribution in [0.3, 0.4) is 0 Å². The summed E-state index contributed by atoms with van der Waals surface area (Å²) in [5.74, 6) is 0.544. The summed E-state index contributed by atoms with van der Waals surface area (Å²) >= 11 is 0. The van der Waals surface area contributed by atoms with Crippen molar-refractivity contribution in [3.8, 4) is 11.5 Å². The average Bonchev–Trinajstić information content (AvgIpc) is 2.84. The molecule has 0 saturated heterocycles. The highest BCUT2D eigenvalue weighted by molar-refractivity contribution is 5.91. The number of allylic oxidation sites excluding steroid dienone is 1. The molecule has 1 amide bonds. The number of rotatable bonds is 8. The van der Waals surface area contributed by atoms with E-state index in [-0.39, 0.29) is 0 Å². The summed E-state index contributed by atoms with van der Waals surface area (Å²) in [4.78, 5) is 13.0. The van der Waals surface area contributed by atoms with Crippen molar-refractivity contribution >= 4 is 18.2 Å². The van der Waals surface area contributed by atoms with Gasteiger partial charge in [0.2, 0.25) is 0 Å². The van der Waals surface area contributed by atoms with Crippen LogP contribution in [0, 0.1) is 0 Å². The molecule has 3 aromatic carbocycles. The van der Waals surface area contributed by atoms with Crippen molar-refractivity contribution < 1.29 is 19.4 Å². The van der Waals surface area contributed by atoms with E-state index in [1.54, 1.807) is 68.8 Å². The Morgan fingerprint density at radius 3 is 1.87 bits per heavy atom. The molecule has 0 atom stereocenters. The number of carbonyl (C=O) groups excluding carboxylic acids is 1. The molecule has 158 valence electrons. The standard InChI is InChI=1S/C25H24N2O4/c1-30-22-14-10-20(11-15-22)25(29,21-12-16-23(31-2)17-13-21)24(28)27-26-18-6-9-19-7-4-3-5-8-19/h3-18,29H,1-2H3,(H,27,28)/b9-6+,26-18-. The number of carbonyl (C=O) groups is 1. The molecule has 0 saturated carbocycles. The van der Waals surface area contributed by atoms with Crippen LogP contribution in [0.2, 0.25) is 0 Å². The number of nitrogens with one attached hydrogen (secondary N) is 1. The van der Waals surface area contributed by atoms with Gasteiger partial charge in [0.25, 0.3) is 5.91 Å². The van der Waals surface area contributed by atoms with Crippen LogP contribution < -0.4 is 14.9 Å². The summed E-state index contributed by atoms with van der Waals surface area (Å²) in [6.45, 7) is 0. The molecule has 0 spiro atoms. The fraction of sp³-hybridized carbons (Fsp3) is 0.120. The molecule has 2 N–H and O–H groups in total. The van der Waals surface area contributed by atoms with Gasteiger partial charge in [0.05, 0.1) is 14.2 Å². The van der Waals surface area contributed by atoms with Crippen LogP contribution in [-0.4, -0.2) is 31.4 Å². The first-order valence-corrected chi connectivity index (χ1v) is 9.64. The van der Waals surface area contributed by atoms with Crippen molar-refractivity contribution in [2.75, 3.05) is 14.2 Å². The second kappa shape index (κ2) is 10.2. The largest absolute Gasteiger partial charge is 0.497 e. The zero-order chi connectivity index (χ0) is 22.1. The highest BCUT2D eigenvalue weighted by atomic mass is 16.5. The van der Waals surface area contributed by atoms with Crippen molar-refractivity contribution in [3.05, 3.63) is 102 Å². The molecule has 3 rings (SSSR count).